The highest BCUT2D eigenvalue weighted by Crippen LogP contribution is 2.14. The molecule has 1 aromatic heterocycles. The Labute approximate surface area is 123 Å². The number of hydrogen-bond donors (Lipinski definition) is 1. The minimum Gasteiger partial charge on any atom is -0.316 e. The molecule has 1 aromatic carbocycles. The maximum absolute atomic E-state index is 5.53. The first-order valence-corrected chi connectivity index (χ1v) is 7.50. The summed E-state index contributed by atoms with van der Waals surface area (Å²) in [5.41, 5.74) is 3.39. The quantitative estimate of drug-likeness (QED) is 0.859. The van der Waals surface area contributed by atoms with Gasteiger partial charge >= 0.3 is 0 Å². The maximum Gasteiger partial charge on any atom is 0.225 e. The molecule has 0 amide bonds. The van der Waals surface area contributed by atoms with Crippen molar-refractivity contribution in [1.29, 1.82) is 0 Å². The summed E-state index contributed by atoms with van der Waals surface area (Å²) in [6, 6.07) is 6.30. The van der Waals surface area contributed by atoms with E-state index in [9.17, 15) is 0 Å². The zero-order chi connectivity index (χ0) is 14.1. The average molecular weight is 290 g/mol. The summed E-state index contributed by atoms with van der Waals surface area (Å²) in [5.74, 6) is 0. The molecule has 1 aliphatic rings. The van der Waals surface area contributed by atoms with Gasteiger partial charge in [-0.25, -0.2) is 0 Å². The van der Waals surface area contributed by atoms with Gasteiger partial charge in [0, 0.05) is 12.8 Å². The van der Waals surface area contributed by atoms with Gasteiger partial charge in [0.25, 0.3) is 0 Å². The van der Waals surface area contributed by atoms with Gasteiger partial charge in [-0.1, -0.05) is 12.1 Å². The van der Waals surface area contributed by atoms with Crippen molar-refractivity contribution in [2.75, 3.05) is 13.1 Å². The molecule has 0 saturated carbocycles. The van der Waals surface area contributed by atoms with E-state index in [4.69, 9.17) is 12.2 Å². The van der Waals surface area contributed by atoms with E-state index in [-0.39, 0.29) is 0 Å². The molecule has 0 atom stereocenters. The minimum atomic E-state index is 0.679. The largest absolute Gasteiger partial charge is 0.316 e. The number of quaternary nitrogens is 1. The Morgan fingerprint density at radius 2 is 1.95 bits per heavy atom. The van der Waals surface area contributed by atoms with Crippen LogP contribution in [0.3, 0.4) is 0 Å². The first-order chi connectivity index (χ1) is 9.65. The first-order valence-electron chi connectivity index (χ1n) is 7.09. The predicted octanol–water partition coefficient (Wildman–Crippen LogP) is 1.05. The predicted molar refractivity (Wildman–Crippen MR) is 79.6 cm³/mol. The molecule has 106 valence electrons. The van der Waals surface area contributed by atoms with Crippen LogP contribution in [0.5, 0.6) is 0 Å². The van der Waals surface area contributed by atoms with E-state index in [1.54, 1.807) is 4.68 Å². The molecular weight excluding hydrogens is 270 g/mol. The van der Waals surface area contributed by atoms with Crippen LogP contribution in [-0.4, -0.2) is 32.9 Å². The fourth-order valence-corrected chi connectivity index (χ4v) is 2.95. The molecule has 1 fully saturated rings. The molecule has 0 bridgehead atoms. The highest BCUT2D eigenvalue weighted by molar-refractivity contribution is 7.71. The van der Waals surface area contributed by atoms with E-state index in [1.165, 1.54) is 36.4 Å². The molecule has 3 rings (SSSR count). The van der Waals surface area contributed by atoms with Gasteiger partial charge in [0.15, 0.2) is 6.67 Å². The molecule has 2 aromatic rings. The van der Waals surface area contributed by atoms with Crippen molar-refractivity contribution in [3.63, 3.8) is 0 Å². The Bertz CT molecular complexity index is 666. The number of nitrogens with one attached hydrogen (secondary N) is 1. The van der Waals surface area contributed by atoms with Crippen molar-refractivity contribution in [3.8, 4) is 5.69 Å². The number of aryl methyl sites for hydroxylation is 2. The van der Waals surface area contributed by atoms with Crippen molar-refractivity contribution >= 4 is 12.2 Å². The number of benzene rings is 1. The molecule has 0 radical (unpaired) electrons. The Kier molecular flexibility index (Phi) is 3.67. The lowest BCUT2D eigenvalue weighted by Gasteiger charge is -2.10. The number of rotatable bonds is 3. The first kappa shape index (κ1) is 13.5. The van der Waals surface area contributed by atoms with E-state index in [1.807, 2.05) is 4.68 Å². The van der Waals surface area contributed by atoms with Gasteiger partial charge in [0.2, 0.25) is 4.77 Å². The van der Waals surface area contributed by atoms with E-state index in [2.05, 4.69) is 42.5 Å². The standard InChI is InChI=1S/C14H19N5S/c1-11-5-6-12(2)13(9-11)19-14(20)18(15-16-19)10-17-7-3-4-8-17/h5-6,9H,3-4,7-8,10H2,1-2H3/p+1. The lowest BCUT2D eigenvalue weighted by molar-refractivity contribution is -0.911. The molecule has 1 N–H and O–H groups in total. The fraction of sp³-hybridized carbons (Fsp3) is 0.500. The highest BCUT2D eigenvalue weighted by atomic mass is 32.1. The van der Waals surface area contributed by atoms with Gasteiger partial charge in [-0.05, 0) is 53.7 Å². The third-order valence-electron chi connectivity index (χ3n) is 3.92. The summed E-state index contributed by atoms with van der Waals surface area (Å²) >= 11 is 5.53. The Morgan fingerprint density at radius 1 is 1.20 bits per heavy atom. The van der Waals surface area contributed by atoms with Gasteiger partial charge < -0.3 is 4.90 Å². The number of likely N-dealkylation sites (tertiary alicyclic amines) is 1. The van der Waals surface area contributed by atoms with Crippen LogP contribution >= 0.6 is 12.2 Å². The van der Waals surface area contributed by atoms with Gasteiger partial charge in [-0.3, -0.25) is 0 Å². The summed E-state index contributed by atoms with van der Waals surface area (Å²) in [5, 5.41) is 8.47. The van der Waals surface area contributed by atoms with Crippen molar-refractivity contribution in [1.82, 2.24) is 19.8 Å². The zero-order valence-electron chi connectivity index (χ0n) is 12.0. The van der Waals surface area contributed by atoms with Crippen LogP contribution in [0.15, 0.2) is 18.2 Å². The maximum atomic E-state index is 5.53. The van der Waals surface area contributed by atoms with E-state index in [0.717, 1.165) is 17.9 Å². The molecule has 6 heteroatoms. The van der Waals surface area contributed by atoms with Crippen LogP contribution in [0, 0.1) is 18.6 Å². The van der Waals surface area contributed by atoms with Gasteiger partial charge in [0.05, 0.1) is 18.8 Å². The number of aromatic nitrogens is 4. The Morgan fingerprint density at radius 3 is 2.70 bits per heavy atom. The van der Waals surface area contributed by atoms with Crippen LogP contribution in [0.1, 0.15) is 24.0 Å². The van der Waals surface area contributed by atoms with Crippen LogP contribution in [0.4, 0.5) is 0 Å². The fourth-order valence-electron chi connectivity index (χ4n) is 2.72. The van der Waals surface area contributed by atoms with Crippen molar-refractivity contribution in [3.05, 3.63) is 34.1 Å². The molecule has 0 unspecified atom stereocenters. The van der Waals surface area contributed by atoms with Crippen molar-refractivity contribution < 1.29 is 4.90 Å². The molecule has 1 aliphatic heterocycles. The third-order valence-corrected chi connectivity index (χ3v) is 4.30. The topological polar surface area (TPSA) is 40.1 Å². The number of hydrogen-bond acceptors (Lipinski definition) is 3. The summed E-state index contributed by atoms with van der Waals surface area (Å²) in [7, 11) is 0. The minimum absolute atomic E-state index is 0.679. The normalized spacial score (nSPS) is 15.9. The number of tetrazole rings is 1. The summed E-state index contributed by atoms with van der Waals surface area (Å²) in [6.45, 7) is 7.38. The van der Waals surface area contributed by atoms with E-state index < -0.39 is 0 Å². The second-order valence-electron chi connectivity index (χ2n) is 5.58. The van der Waals surface area contributed by atoms with Crippen LogP contribution in [0.2, 0.25) is 0 Å². The van der Waals surface area contributed by atoms with Gasteiger partial charge in [-0.15, -0.1) is 0 Å². The molecular formula is C14H20N5S+. The van der Waals surface area contributed by atoms with Crippen LogP contribution in [-0.2, 0) is 6.67 Å². The molecule has 20 heavy (non-hydrogen) atoms. The van der Waals surface area contributed by atoms with Crippen LogP contribution < -0.4 is 4.90 Å². The second-order valence-corrected chi connectivity index (χ2v) is 5.94. The number of nitrogens with zero attached hydrogens (tertiary/aromatic N) is 4. The van der Waals surface area contributed by atoms with Crippen molar-refractivity contribution in [2.24, 2.45) is 0 Å². The lowest BCUT2D eigenvalue weighted by atomic mass is 10.1. The third kappa shape index (κ3) is 2.53. The Hall–Kier alpha value is -1.53. The molecule has 2 heterocycles. The lowest BCUT2D eigenvalue weighted by Crippen LogP contribution is -3.09. The SMILES string of the molecule is Cc1ccc(C)c(-n2nnn(C[NH+]3CCCC3)c2=S)c1. The van der Waals surface area contributed by atoms with Crippen molar-refractivity contribution in [2.45, 2.75) is 33.4 Å². The summed E-state index contributed by atoms with van der Waals surface area (Å²) < 4.78 is 4.29. The molecule has 0 spiro atoms. The van der Waals surface area contributed by atoms with Crippen LogP contribution in [0.25, 0.3) is 5.69 Å². The van der Waals surface area contributed by atoms with Gasteiger partial charge in [0.1, 0.15) is 0 Å². The van der Waals surface area contributed by atoms with E-state index >= 15 is 0 Å². The van der Waals surface area contributed by atoms with Gasteiger partial charge in [-0.2, -0.15) is 9.36 Å². The summed E-state index contributed by atoms with van der Waals surface area (Å²) in [4.78, 5) is 1.54. The molecule has 1 saturated heterocycles. The average Bonchev–Trinajstić information content (AvgIpc) is 3.05. The van der Waals surface area contributed by atoms with E-state index in [0.29, 0.717) is 4.77 Å². The molecule has 0 aliphatic carbocycles. The Balaban J connectivity index is 1.93. The monoisotopic (exact) mass is 290 g/mol. The zero-order valence-corrected chi connectivity index (χ0v) is 12.8. The smallest absolute Gasteiger partial charge is 0.225 e. The highest BCUT2D eigenvalue weighted by Gasteiger charge is 2.18. The molecule has 5 nitrogen and oxygen atoms in total. The summed E-state index contributed by atoms with van der Waals surface area (Å²) in [6.07, 6.45) is 2.60. The second kappa shape index (κ2) is 5.46.